The minimum absolute atomic E-state index is 0.109. The summed E-state index contributed by atoms with van der Waals surface area (Å²) in [6.07, 6.45) is 2.90. The third kappa shape index (κ3) is 5.38. The SMILES string of the molecule is CCCCCOC(=O)CN(C)C(=O)c1ccc(F)cc1. The average molecular weight is 281 g/mol. The van der Waals surface area contributed by atoms with Crippen molar-refractivity contribution in [1.82, 2.24) is 4.90 Å². The fourth-order valence-electron chi connectivity index (χ4n) is 1.66. The second kappa shape index (κ2) is 8.30. The molecule has 0 bridgehead atoms. The maximum absolute atomic E-state index is 12.8. The van der Waals surface area contributed by atoms with Crippen LogP contribution in [0.2, 0.25) is 0 Å². The van der Waals surface area contributed by atoms with Gasteiger partial charge in [0, 0.05) is 12.6 Å². The molecule has 1 aromatic rings. The van der Waals surface area contributed by atoms with Crippen LogP contribution < -0.4 is 0 Å². The van der Waals surface area contributed by atoms with Gasteiger partial charge in [0.25, 0.3) is 5.91 Å². The molecule has 0 radical (unpaired) electrons. The number of nitrogens with zero attached hydrogens (tertiary/aromatic N) is 1. The van der Waals surface area contributed by atoms with Crippen molar-refractivity contribution in [2.45, 2.75) is 26.2 Å². The van der Waals surface area contributed by atoms with Crippen molar-refractivity contribution >= 4 is 11.9 Å². The molecule has 4 nitrogen and oxygen atoms in total. The minimum atomic E-state index is -0.431. The molecule has 0 aromatic heterocycles. The molecule has 0 unspecified atom stereocenters. The quantitative estimate of drug-likeness (QED) is 0.570. The van der Waals surface area contributed by atoms with E-state index in [1.807, 2.05) is 0 Å². The summed E-state index contributed by atoms with van der Waals surface area (Å²) < 4.78 is 17.8. The Bertz CT molecular complexity index is 445. The molecule has 0 heterocycles. The fourth-order valence-corrected chi connectivity index (χ4v) is 1.66. The number of esters is 1. The van der Waals surface area contributed by atoms with E-state index < -0.39 is 11.8 Å². The predicted molar refractivity (Wildman–Crippen MR) is 73.8 cm³/mol. The van der Waals surface area contributed by atoms with Gasteiger partial charge in [-0.2, -0.15) is 0 Å². The zero-order valence-corrected chi connectivity index (χ0v) is 11.9. The summed E-state index contributed by atoms with van der Waals surface area (Å²) in [4.78, 5) is 24.8. The molecule has 1 rings (SSSR count). The first-order valence-corrected chi connectivity index (χ1v) is 6.71. The summed E-state index contributed by atoms with van der Waals surface area (Å²) in [6.45, 7) is 2.34. The number of unbranched alkanes of at least 4 members (excludes halogenated alkanes) is 2. The van der Waals surface area contributed by atoms with Gasteiger partial charge in [-0.15, -0.1) is 0 Å². The second-order valence-corrected chi connectivity index (χ2v) is 4.60. The Morgan fingerprint density at radius 2 is 1.85 bits per heavy atom. The van der Waals surface area contributed by atoms with E-state index in [1.165, 1.54) is 36.2 Å². The minimum Gasteiger partial charge on any atom is -0.464 e. The van der Waals surface area contributed by atoms with Gasteiger partial charge in [0.05, 0.1) is 6.61 Å². The number of hydrogen-bond acceptors (Lipinski definition) is 3. The Morgan fingerprint density at radius 1 is 1.20 bits per heavy atom. The standard InChI is InChI=1S/C15H20FNO3/c1-3-4-5-10-20-14(18)11-17(2)15(19)12-6-8-13(16)9-7-12/h6-9H,3-5,10-11H2,1-2H3. The highest BCUT2D eigenvalue weighted by molar-refractivity contribution is 5.95. The molecule has 0 aliphatic carbocycles. The molecule has 0 atom stereocenters. The van der Waals surface area contributed by atoms with Gasteiger partial charge in [-0.1, -0.05) is 19.8 Å². The zero-order chi connectivity index (χ0) is 15.0. The molecule has 0 N–H and O–H groups in total. The highest BCUT2D eigenvalue weighted by Gasteiger charge is 2.15. The van der Waals surface area contributed by atoms with Gasteiger partial charge in [-0.05, 0) is 30.7 Å². The number of benzene rings is 1. The number of hydrogen-bond donors (Lipinski definition) is 0. The van der Waals surface area contributed by atoms with Gasteiger partial charge < -0.3 is 9.64 Å². The van der Waals surface area contributed by atoms with E-state index in [-0.39, 0.29) is 12.5 Å². The first-order chi connectivity index (χ1) is 9.54. The molecular weight excluding hydrogens is 261 g/mol. The Morgan fingerprint density at radius 3 is 2.45 bits per heavy atom. The van der Waals surface area contributed by atoms with Gasteiger partial charge in [0.2, 0.25) is 0 Å². The smallest absolute Gasteiger partial charge is 0.325 e. The molecule has 5 heteroatoms. The average Bonchev–Trinajstić information content (AvgIpc) is 2.43. The van der Waals surface area contributed by atoms with E-state index >= 15 is 0 Å². The van der Waals surface area contributed by atoms with Crippen molar-refractivity contribution in [2.75, 3.05) is 20.2 Å². The van der Waals surface area contributed by atoms with Gasteiger partial charge in [-0.3, -0.25) is 9.59 Å². The molecule has 110 valence electrons. The van der Waals surface area contributed by atoms with Crippen LogP contribution in [-0.4, -0.2) is 37.0 Å². The largest absolute Gasteiger partial charge is 0.464 e. The van der Waals surface area contributed by atoms with E-state index in [0.717, 1.165) is 19.3 Å². The van der Waals surface area contributed by atoms with Crippen LogP contribution in [0.1, 0.15) is 36.5 Å². The molecule has 0 aliphatic heterocycles. The van der Waals surface area contributed by atoms with Crippen LogP contribution >= 0.6 is 0 Å². The summed E-state index contributed by atoms with van der Waals surface area (Å²) >= 11 is 0. The highest BCUT2D eigenvalue weighted by Crippen LogP contribution is 2.06. The number of halogens is 1. The summed E-state index contributed by atoms with van der Waals surface area (Å²) in [7, 11) is 1.51. The molecule has 0 aliphatic rings. The highest BCUT2D eigenvalue weighted by atomic mass is 19.1. The van der Waals surface area contributed by atoms with Crippen LogP contribution in [0.4, 0.5) is 4.39 Å². The van der Waals surface area contributed by atoms with Crippen molar-refractivity contribution in [3.8, 4) is 0 Å². The van der Waals surface area contributed by atoms with Crippen molar-refractivity contribution in [1.29, 1.82) is 0 Å². The van der Waals surface area contributed by atoms with E-state index in [0.29, 0.717) is 12.2 Å². The predicted octanol–water partition coefficient (Wildman–Crippen LogP) is 2.63. The van der Waals surface area contributed by atoms with Gasteiger partial charge >= 0.3 is 5.97 Å². The number of likely N-dealkylation sites (N-methyl/N-ethyl adjacent to an activating group) is 1. The Labute approximate surface area is 118 Å². The number of carbonyl (C=O) groups is 2. The monoisotopic (exact) mass is 281 g/mol. The maximum Gasteiger partial charge on any atom is 0.325 e. The van der Waals surface area contributed by atoms with Crippen molar-refractivity contribution in [2.24, 2.45) is 0 Å². The van der Waals surface area contributed by atoms with Crippen molar-refractivity contribution < 1.29 is 18.7 Å². The van der Waals surface area contributed by atoms with Crippen LogP contribution in [0, 0.1) is 5.82 Å². The Kier molecular flexibility index (Phi) is 6.70. The van der Waals surface area contributed by atoms with Crippen LogP contribution in [0.15, 0.2) is 24.3 Å². The molecule has 1 aromatic carbocycles. The molecule has 1 amide bonds. The van der Waals surface area contributed by atoms with E-state index in [9.17, 15) is 14.0 Å². The maximum atomic E-state index is 12.8. The van der Waals surface area contributed by atoms with Crippen molar-refractivity contribution in [3.05, 3.63) is 35.6 Å². The van der Waals surface area contributed by atoms with Crippen molar-refractivity contribution in [3.63, 3.8) is 0 Å². The summed E-state index contributed by atoms with van der Waals surface area (Å²) in [5.74, 6) is -1.17. The Hall–Kier alpha value is -1.91. The Balaban J connectivity index is 2.41. The zero-order valence-electron chi connectivity index (χ0n) is 11.9. The molecule has 0 fully saturated rings. The van der Waals surface area contributed by atoms with Crippen LogP contribution in [0.25, 0.3) is 0 Å². The molecule has 0 saturated carbocycles. The molecule has 0 spiro atoms. The van der Waals surface area contributed by atoms with Gasteiger partial charge in [0.15, 0.2) is 0 Å². The van der Waals surface area contributed by atoms with E-state index in [2.05, 4.69) is 6.92 Å². The lowest BCUT2D eigenvalue weighted by Gasteiger charge is -2.16. The first-order valence-electron chi connectivity index (χ1n) is 6.71. The van der Waals surface area contributed by atoms with Gasteiger partial charge in [0.1, 0.15) is 12.4 Å². The topological polar surface area (TPSA) is 46.6 Å². The third-order valence-electron chi connectivity index (χ3n) is 2.82. The second-order valence-electron chi connectivity index (χ2n) is 4.60. The molecular formula is C15H20FNO3. The summed E-state index contributed by atoms with van der Waals surface area (Å²) in [5.41, 5.74) is 0.340. The van der Waals surface area contributed by atoms with Crippen LogP contribution in [-0.2, 0) is 9.53 Å². The lowest BCUT2D eigenvalue weighted by Crippen LogP contribution is -2.33. The van der Waals surface area contributed by atoms with E-state index in [1.54, 1.807) is 0 Å². The van der Waals surface area contributed by atoms with E-state index in [4.69, 9.17) is 4.74 Å². The lowest BCUT2D eigenvalue weighted by molar-refractivity contribution is -0.144. The van der Waals surface area contributed by atoms with Crippen LogP contribution in [0.5, 0.6) is 0 Å². The molecule has 20 heavy (non-hydrogen) atoms. The first kappa shape index (κ1) is 16.1. The number of rotatable bonds is 7. The molecule has 0 saturated heterocycles. The lowest BCUT2D eigenvalue weighted by atomic mass is 10.2. The summed E-state index contributed by atoms with van der Waals surface area (Å²) in [5, 5.41) is 0. The van der Waals surface area contributed by atoms with Gasteiger partial charge in [-0.25, -0.2) is 4.39 Å². The number of carbonyl (C=O) groups excluding carboxylic acids is 2. The summed E-state index contributed by atoms with van der Waals surface area (Å²) in [6, 6.07) is 5.20. The van der Waals surface area contributed by atoms with Crippen LogP contribution in [0.3, 0.4) is 0 Å². The number of amides is 1. The normalized spacial score (nSPS) is 10.2. The number of ether oxygens (including phenoxy) is 1. The fraction of sp³-hybridized carbons (Fsp3) is 0.467. The third-order valence-corrected chi connectivity index (χ3v) is 2.82.